The first kappa shape index (κ1) is 10.8. The molecule has 1 aromatic heterocycles. The molecule has 0 aliphatic rings. The van der Waals surface area contributed by atoms with Gasteiger partial charge in [-0.1, -0.05) is 12.1 Å². The van der Waals surface area contributed by atoms with Crippen LogP contribution in [-0.2, 0) is 0 Å². The zero-order chi connectivity index (χ0) is 12.4. The Morgan fingerprint density at radius 2 is 2.00 bits per heavy atom. The number of hydrogen-bond acceptors (Lipinski definition) is 5. The first-order valence-corrected chi connectivity index (χ1v) is 4.64. The fourth-order valence-electron chi connectivity index (χ4n) is 1.33. The molecule has 1 aromatic carbocycles. The van der Waals surface area contributed by atoms with Crippen LogP contribution in [-0.4, -0.2) is 31.7 Å². The molecule has 3 N–H and O–H groups in total. The maximum absolute atomic E-state index is 11.9. The van der Waals surface area contributed by atoms with E-state index in [9.17, 15) is 14.7 Å². The van der Waals surface area contributed by atoms with E-state index in [0.29, 0.717) is 0 Å². The van der Waals surface area contributed by atoms with Crippen LogP contribution in [0, 0.1) is 0 Å². The van der Waals surface area contributed by atoms with Crippen molar-refractivity contribution >= 4 is 11.8 Å². The highest BCUT2D eigenvalue weighted by molar-refractivity contribution is 6.02. The Balaban J connectivity index is 2.48. The van der Waals surface area contributed by atoms with Crippen LogP contribution in [0.25, 0.3) is 0 Å². The quantitative estimate of drug-likeness (QED) is 0.742. The molecule has 0 atom stereocenters. The molecule has 0 spiro atoms. The van der Waals surface area contributed by atoms with Crippen molar-refractivity contribution in [2.24, 2.45) is 5.73 Å². The van der Waals surface area contributed by atoms with Gasteiger partial charge in [-0.3, -0.25) is 9.59 Å². The Kier molecular flexibility index (Phi) is 2.57. The fraction of sp³-hybridized carbons (Fsp3) is 0. The van der Waals surface area contributed by atoms with Gasteiger partial charge in [0, 0.05) is 0 Å². The minimum atomic E-state index is -0.869. The van der Waals surface area contributed by atoms with E-state index < -0.39 is 11.8 Å². The second-order valence-electron chi connectivity index (χ2n) is 3.18. The number of phenolic OH excluding ortho intramolecular Hbond substituents is 1. The summed E-state index contributed by atoms with van der Waals surface area (Å²) in [5.74, 6) is -2.03. The second-order valence-corrected chi connectivity index (χ2v) is 3.18. The van der Waals surface area contributed by atoms with Crippen molar-refractivity contribution in [3.05, 3.63) is 42.0 Å². The summed E-state index contributed by atoms with van der Waals surface area (Å²) in [6, 6.07) is 5.91. The van der Waals surface area contributed by atoms with Gasteiger partial charge in [-0.2, -0.15) is 9.78 Å². The number of nitrogens with zero attached hydrogens (tertiary/aromatic N) is 3. The van der Waals surface area contributed by atoms with Gasteiger partial charge in [0.15, 0.2) is 0 Å². The summed E-state index contributed by atoms with van der Waals surface area (Å²) in [6.45, 7) is 0. The van der Waals surface area contributed by atoms with Crippen LogP contribution in [0.5, 0.6) is 5.75 Å². The van der Waals surface area contributed by atoms with E-state index in [1.165, 1.54) is 12.1 Å². The lowest BCUT2D eigenvalue weighted by molar-refractivity contribution is 0.0904. The Morgan fingerprint density at radius 3 is 2.65 bits per heavy atom. The lowest BCUT2D eigenvalue weighted by atomic mass is 10.2. The Labute approximate surface area is 95.5 Å². The molecule has 17 heavy (non-hydrogen) atoms. The molecule has 2 aromatic rings. The highest BCUT2D eigenvalue weighted by Crippen LogP contribution is 2.16. The molecule has 7 heteroatoms. The van der Waals surface area contributed by atoms with Gasteiger partial charge >= 0.3 is 0 Å². The first-order valence-electron chi connectivity index (χ1n) is 4.64. The lowest BCUT2D eigenvalue weighted by Crippen LogP contribution is -2.24. The monoisotopic (exact) mass is 232 g/mol. The molecule has 0 radical (unpaired) electrons. The van der Waals surface area contributed by atoms with Crippen molar-refractivity contribution in [1.82, 2.24) is 14.8 Å². The van der Waals surface area contributed by atoms with Crippen molar-refractivity contribution in [3.63, 3.8) is 0 Å². The number of carbonyl (C=O) groups is 2. The fourth-order valence-corrected chi connectivity index (χ4v) is 1.33. The summed E-state index contributed by atoms with van der Waals surface area (Å²) in [7, 11) is 0. The van der Waals surface area contributed by atoms with Gasteiger partial charge in [0.2, 0.25) is 5.82 Å². The molecule has 2 rings (SSSR count). The molecule has 1 amide bonds. The van der Waals surface area contributed by atoms with E-state index in [-0.39, 0.29) is 17.1 Å². The van der Waals surface area contributed by atoms with Crippen LogP contribution in [0.15, 0.2) is 30.6 Å². The van der Waals surface area contributed by atoms with E-state index in [0.717, 1.165) is 11.0 Å². The van der Waals surface area contributed by atoms with Crippen LogP contribution in [0.3, 0.4) is 0 Å². The summed E-state index contributed by atoms with van der Waals surface area (Å²) >= 11 is 0. The van der Waals surface area contributed by atoms with Crippen molar-refractivity contribution in [2.75, 3.05) is 0 Å². The van der Waals surface area contributed by atoms with E-state index in [2.05, 4.69) is 10.1 Å². The Hall–Kier alpha value is -2.70. The van der Waals surface area contributed by atoms with Gasteiger partial charge in [-0.05, 0) is 12.1 Å². The largest absolute Gasteiger partial charge is 0.507 e. The summed E-state index contributed by atoms with van der Waals surface area (Å²) in [5.41, 5.74) is 5.05. The van der Waals surface area contributed by atoms with Gasteiger partial charge in [0.25, 0.3) is 11.8 Å². The zero-order valence-electron chi connectivity index (χ0n) is 8.57. The zero-order valence-corrected chi connectivity index (χ0v) is 8.57. The lowest BCUT2D eigenvalue weighted by Gasteiger charge is -2.04. The van der Waals surface area contributed by atoms with Crippen LogP contribution >= 0.6 is 0 Å². The number of amides is 1. The third kappa shape index (κ3) is 1.85. The van der Waals surface area contributed by atoms with Crippen molar-refractivity contribution in [3.8, 4) is 5.75 Å². The molecule has 1 heterocycles. The standard InChI is InChI=1S/C10H8N4O3/c11-8(16)9-12-5-13-14(9)10(17)6-3-1-2-4-7(6)15/h1-5,15H,(H2,11,16). The highest BCUT2D eigenvalue weighted by Gasteiger charge is 2.20. The van der Waals surface area contributed by atoms with Gasteiger partial charge in [0.1, 0.15) is 12.1 Å². The number of carbonyl (C=O) groups excluding carboxylic acids is 2. The first-order chi connectivity index (χ1) is 8.11. The summed E-state index contributed by atoms with van der Waals surface area (Å²) in [4.78, 5) is 26.5. The van der Waals surface area contributed by atoms with E-state index in [1.54, 1.807) is 12.1 Å². The molecular weight excluding hydrogens is 224 g/mol. The van der Waals surface area contributed by atoms with Gasteiger partial charge in [0.05, 0.1) is 5.56 Å². The molecular formula is C10H8N4O3. The molecule has 0 bridgehead atoms. The van der Waals surface area contributed by atoms with Crippen LogP contribution < -0.4 is 5.73 Å². The van der Waals surface area contributed by atoms with Crippen LogP contribution in [0.2, 0.25) is 0 Å². The molecule has 0 saturated heterocycles. The predicted molar refractivity (Wildman–Crippen MR) is 56.4 cm³/mol. The van der Waals surface area contributed by atoms with E-state index in [1.807, 2.05) is 0 Å². The Morgan fingerprint density at radius 1 is 1.29 bits per heavy atom. The van der Waals surface area contributed by atoms with E-state index >= 15 is 0 Å². The number of phenols is 1. The topological polar surface area (TPSA) is 111 Å². The molecule has 86 valence electrons. The van der Waals surface area contributed by atoms with Crippen molar-refractivity contribution in [2.45, 2.75) is 0 Å². The molecule has 7 nitrogen and oxygen atoms in total. The number of aromatic hydroxyl groups is 1. The number of hydrogen-bond donors (Lipinski definition) is 2. The number of nitrogens with two attached hydrogens (primary N) is 1. The smallest absolute Gasteiger partial charge is 0.286 e. The number of rotatable bonds is 2. The van der Waals surface area contributed by atoms with E-state index in [4.69, 9.17) is 5.73 Å². The SMILES string of the molecule is NC(=O)c1ncnn1C(=O)c1ccccc1O. The molecule has 0 unspecified atom stereocenters. The highest BCUT2D eigenvalue weighted by atomic mass is 16.3. The third-order valence-corrected chi connectivity index (χ3v) is 2.09. The van der Waals surface area contributed by atoms with Gasteiger partial charge < -0.3 is 10.8 Å². The van der Waals surface area contributed by atoms with Crippen LogP contribution in [0.1, 0.15) is 21.0 Å². The van der Waals surface area contributed by atoms with Crippen molar-refractivity contribution < 1.29 is 14.7 Å². The number of primary amides is 1. The number of para-hydroxylation sites is 1. The Bertz CT molecular complexity index is 591. The maximum Gasteiger partial charge on any atom is 0.286 e. The number of aromatic nitrogens is 3. The van der Waals surface area contributed by atoms with Crippen LogP contribution in [0.4, 0.5) is 0 Å². The minimum absolute atomic E-state index is 0.0144. The summed E-state index contributed by atoms with van der Waals surface area (Å²) < 4.78 is 0.747. The average molecular weight is 232 g/mol. The molecule has 0 aliphatic carbocycles. The molecule has 0 fully saturated rings. The second kappa shape index (κ2) is 4.05. The third-order valence-electron chi connectivity index (χ3n) is 2.09. The van der Waals surface area contributed by atoms with Gasteiger partial charge in [-0.25, -0.2) is 4.98 Å². The maximum atomic E-state index is 11.9. The average Bonchev–Trinajstić information content (AvgIpc) is 2.77. The van der Waals surface area contributed by atoms with Crippen molar-refractivity contribution in [1.29, 1.82) is 0 Å². The number of benzene rings is 1. The summed E-state index contributed by atoms with van der Waals surface area (Å²) in [6.07, 6.45) is 1.04. The van der Waals surface area contributed by atoms with Gasteiger partial charge in [-0.15, -0.1) is 0 Å². The minimum Gasteiger partial charge on any atom is -0.507 e. The normalized spacial score (nSPS) is 10.1. The molecule has 0 saturated carbocycles. The summed E-state index contributed by atoms with van der Waals surface area (Å²) in [5, 5.41) is 13.1. The predicted octanol–water partition coefficient (Wildman–Crippen LogP) is -0.229. The molecule has 0 aliphatic heterocycles.